The fourth-order valence-electron chi connectivity index (χ4n) is 3.86. The van der Waals surface area contributed by atoms with Gasteiger partial charge in [-0.25, -0.2) is 0 Å². The van der Waals surface area contributed by atoms with Crippen molar-refractivity contribution in [2.45, 2.75) is 64.5 Å². The lowest BCUT2D eigenvalue weighted by molar-refractivity contribution is -0.117. The Morgan fingerprint density at radius 1 is 1.21 bits per heavy atom. The van der Waals surface area contributed by atoms with E-state index < -0.39 is 0 Å². The van der Waals surface area contributed by atoms with E-state index in [-0.39, 0.29) is 5.91 Å². The van der Waals surface area contributed by atoms with Crippen LogP contribution in [0.3, 0.4) is 0 Å². The summed E-state index contributed by atoms with van der Waals surface area (Å²) in [5, 5.41) is 6.65. The zero-order valence-electron chi connectivity index (χ0n) is 14.9. The largest absolute Gasteiger partial charge is 0.494 e. The van der Waals surface area contributed by atoms with Gasteiger partial charge in [0, 0.05) is 24.2 Å². The molecule has 2 bridgehead atoms. The number of carbonyl (C=O) groups excluding carboxylic acids is 1. The number of anilines is 1. The predicted molar refractivity (Wildman–Crippen MR) is 97.3 cm³/mol. The molecular weight excluding hydrogens is 300 g/mol. The maximum absolute atomic E-state index is 12.3. The lowest BCUT2D eigenvalue weighted by Crippen LogP contribution is -2.39. The van der Waals surface area contributed by atoms with E-state index in [1.807, 2.05) is 24.3 Å². The van der Waals surface area contributed by atoms with E-state index in [9.17, 15) is 4.79 Å². The molecule has 2 atom stereocenters. The van der Waals surface area contributed by atoms with Crippen LogP contribution in [-0.4, -0.2) is 24.6 Å². The Hall–Kier alpha value is -1.55. The zero-order chi connectivity index (χ0) is 16.9. The zero-order valence-corrected chi connectivity index (χ0v) is 14.9. The summed E-state index contributed by atoms with van der Waals surface area (Å²) in [6.45, 7) is 5.12. The van der Waals surface area contributed by atoms with Crippen molar-refractivity contribution in [1.82, 2.24) is 5.32 Å². The van der Waals surface area contributed by atoms with Gasteiger partial charge in [-0.2, -0.15) is 0 Å². The van der Waals surface area contributed by atoms with E-state index in [0.29, 0.717) is 30.3 Å². The molecular formula is C20H30N2O2. The monoisotopic (exact) mass is 330 g/mol. The molecule has 2 saturated heterocycles. The second-order valence-corrected chi connectivity index (χ2v) is 7.78. The highest BCUT2D eigenvalue weighted by Gasteiger charge is 2.34. The Morgan fingerprint density at radius 3 is 2.50 bits per heavy atom. The van der Waals surface area contributed by atoms with Crippen LogP contribution in [-0.2, 0) is 4.79 Å². The highest BCUT2D eigenvalue weighted by molar-refractivity contribution is 5.90. The summed E-state index contributed by atoms with van der Waals surface area (Å²) in [5.41, 5.74) is 0.855. The standard InChI is InChI=1S/C20H30N2O2/c1-14(2)9-10-24-19-7-5-16(6-8-19)22-20(23)13-15-11-17-3-4-18(12-15)21-17/h5-8,14-15,17-18,21H,3-4,9-13H2,1-2H3,(H,22,23). The molecule has 4 nitrogen and oxygen atoms in total. The van der Waals surface area contributed by atoms with E-state index in [0.717, 1.165) is 37.3 Å². The van der Waals surface area contributed by atoms with Crippen molar-refractivity contribution in [3.8, 4) is 5.75 Å². The smallest absolute Gasteiger partial charge is 0.224 e. The molecule has 3 rings (SSSR count). The van der Waals surface area contributed by atoms with Crippen LogP contribution in [0.25, 0.3) is 0 Å². The first-order chi connectivity index (χ1) is 11.6. The quantitative estimate of drug-likeness (QED) is 0.795. The molecule has 2 N–H and O–H groups in total. The molecule has 0 aromatic heterocycles. The van der Waals surface area contributed by atoms with Crippen molar-refractivity contribution in [2.24, 2.45) is 11.8 Å². The number of benzene rings is 1. The lowest BCUT2D eigenvalue weighted by atomic mass is 9.89. The maximum atomic E-state index is 12.3. The predicted octanol–water partition coefficient (Wildman–Crippen LogP) is 3.97. The van der Waals surface area contributed by atoms with Crippen LogP contribution >= 0.6 is 0 Å². The number of carbonyl (C=O) groups is 1. The Balaban J connectivity index is 1.42. The summed E-state index contributed by atoms with van der Waals surface area (Å²) >= 11 is 0. The molecule has 1 aromatic carbocycles. The SMILES string of the molecule is CC(C)CCOc1ccc(NC(=O)CC2CC3CCC(C2)N3)cc1. The van der Waals surface area contributed by atoms with Gasteiger partial charge in [-0.1, -0.05) is 13.8 Å². The molecule has 2 fully saturated rings. The second-order valence-electron chi connectivity index (χ2n) is 7.78. The molecule has 2 unspecified atom stereocenters. The number of nitrogens with one attached hydrogen (secondary N) is 2. The summed E-state index contributed by atoms with van der Waals surface area (Å²) < 4.78 is 5.71. The molecule has 2 aliphatic heterocycles. The van der Waals surface area contributed by atoms with E-state index in [1.165, 1.54) is 12.8 Å². The van der Waals surface area contributed by atoms with E-state index in [4.69, 9.17) is 4.74 Å². The van der Waals surface area contributed by atoms with Crippen molar-refractivity contribution in [3.63, 3.8) is 0 Å². The van der Waals surface area contributed by atoms with E-state index in [1.54, 1.807) is 0 Å². The Bertz CT molecular complexity index is 529. The van der Waals surface area contributed by atoms with Gasteiger partial charge in [-0.05, 0) is 68.2 Å². The van der Waals surface area contributed by atoms with E-state index in [2.05, 4.69) is 24.5 Å². The fourth-order valence-corrected chi connectivity index (χ4v) is 3.86. The average Bonchev–Trinajstić information content (AvgIpc) is 2.87. The Kier molecular flexibility index (Phi) is 5.77. The molecule has 1 aromatic rings. The third kappa shape index (κ3) is 4.97. The first-order valence-corrected chi connectivity index (χ1v) is 9.37. The average molecular weight is 330 g/mol. The number of amides is 1. The third-order valence-corrected chi connectivity index (χ3v) is 5.15. The molecule has 4 heteroatoms. The highest BCUT2D eigenvalue weighted by atomic mass is 16.5. The van der Waals surface area contributed by atoms with Gasteiger partial charge in [0.15, 0.2) is 0 Å². The summed E-state index contributed by atoms with van der Waals surface area (Å²) in [6.07, 6.45) is 6.54. The minimum Gasteiger partial charge on any atom is -0.494 e. The van der Waals surface area contributed by atoms with Crippen LogP contribution in [0.5, 0.6) is 5.75 Å². The number of rotatable bonds is 7. The lowest BCUT2D eigenvalue weighted by Gasteiger charge is -2.28. The number of ether oxygens (including phenoxy) is 1. The summed E-state index contributed by atoms with van der Waals surface area (Å²) in [5.74, 6) is 2.18. The first kappa shape index (κ1) is 17.3. The number of fused-ring (bicyclic) bond motifs is 2. The van der Waals surface area contributed by atoms with Gasteiger partial charge in [0.05, 0.1) is 6.61 Å². The van der Waals surface area contributed by atoms with Crippen molar-refractivity contribution in [1.29, 1.82) is 0 Å². The molecule has 132 valence electrons. The van der Waals surface area contributed by atoms with Crippen LogP contribution in [0, 0.1) is 11.8 Å². The van der Waals surface area contributed by atoms with Gasteiger partial charge >= 0.3 is 0 Å². The van der Waals surface area contributed by atoms with Crippen molar-refractivity contribution < 1.29 is 9.53 Å². The van der Waals surface area contributed by atoms with Crippen LogP contribution in [0.4, 0.5) is 5.69 Å². The van der Waals surface area contributed by atoms with Gasteiger partial charge in [-0.15, -0.1) is 0 Å². The van der Waals surface area contributed by atoms with Crippen LogP contribution in [0.15, 0.2) is 24.3 Å². The van der Waals surface area contributed by atoms with Gasteiger partial charge in [0.25, 0.3) is 0 Å². The van der Waals surface area contributed by atoms with Crippen LogP contribution < -0.4 is 15.4 Å². The minimum atomic E-state index is 0.134. The second kappa shape index (κ2) is 8.02. The molecule has 24 heavy (non-hydrogen) atoms. The molecule has 2 aliphatic rings. The highest BCUT2D eigenvalue weighted by Crippen LogP contribution is 2.32. The fraction of sp³-hybridized carbons (Fsp3) is 0.650. The molecule has 0 radical (unpaired) electrons. The van der Waals surface area contributed by atoms with Crippen LogP contribution in [0.1, 0.15) is 52.4 Å². The van der Waals surface area contributed by atoms with Gasteiger partial charge in [-0.3, -0.25) is 4.79 Å². The van der Waals surface area contributed by atoms with Crippen molar-refractivity contribution in [2.75, 3.05) is 11.9 Å². The topological polar surface area (TPSA) is 50.4 Å². The Labute approximate surface area is 145 Å². The third-order valence-electron chi connectivity index (χ3n) is 5.15. The maximum Gasteiger partial charge on any atom is 0.224 e. The number of hydrogen-bond acceptors (Lipinski definition) is 3. The first-order valence-electron chi connectivity index (χ1n) is 9.37. The van der Waals surface area contributed by atoms with Crippen LogP contribution in [0.2, 0.25) is 0 Å². The summed E-state index contributed by atoms with van der Waals surface area (Å²) in [7, 11) is 0. The van der Waals surface area contributed by atoms with Gasteiger partial charge in [0.2, 0.25) is 5.91 Å². The Morgan fingerprint density at radius 2 is 1.88 bits per heavy atom. The van der Waals surface area contributed by atoms with Gasteiger partial charge in [0.1, 0.15) is 5.75 Å². The molecule has 0 spiro atoms. The van der Waals surface area contributed by atoms with Gasteiger partial charge < -0.3 is 15.4 Å². The normalized spacial score (nSPS) is 25.7. The molecule has 0 aliphatic carbocycles. The van der Waals surface area contributed by atoms with Crippen molar-refractivity contribution in [3.05, 3.63) is 24.3 Å². The molecule has 2 heterocycles. The summed E-state index contributed by atoms with van der Waals surface area (Å²) in [6, 6.07) is 9.00. The number of hydrogen-bond donors (Lipinski definition) is 2. The van der Waals surface area contributed by atoms with Crippen molar-refractivity contribution >= 4 is 11.6 Å². The number of piperidine rings is 1. The van der Waals surface area contributed by atoms with E-state index >= 15 is 0 Å². The molecule has 0 saturated carbocycles. The minimum absolute atomic E-state index is 0.134. The molecule has 1 amide bonds. The summed E-state index contributed by atoms with van der Waals surface area (Å²) in [4.78, 5) is 12.3.